The van der Waals surface area contributed by atoms with Gasteiger partial charge in [-0.2, -0.15) is 0 Å². The third kappa shape index (κ3) is 2.72. The van der Waals surface area contributed by atoms with Crippen LogP contribution in [0.3, 0.4) is 0 Å². The second-order valence-corrected chi connectivity index (χ2v) is 2.75. The third-order valence-corrected chi connectivity index (χ3v) is 1.85. The number of amides is 1. The number of rotatable bonds is 4. The minimum absolute atomic E-state index is 0.382. The number of nitrogen functional groups attached to an aromatic ring is 1. The first-order chi connectivity index (χ1) is 7.22. The fourth-order valence-corrected chi connectivity index (χ4v) is 1.10. The number of methoxy groups -OCH3 is 2. The highest BCUT2D eigenvalue weighted by atomic mass is 16.7. The number of nitrogens with zero attached hydrogens (tertiary/aromatic N) is 1. The van der Waals surface area contributed by atoms with Crippen LogP contribution in [0, 0.1) is 0 Å². The number of carbonyl (C=O) groups is 1. The summed E-state index contributed by atoms with van der Waals surface area (Å²) in [5, 5.41) is 0. The molecule has 0 saturated heterocycles. The van der Waals surface area contributed by atoms with Gasteiger partial charge >= 0.3 is 0 Å². The van der Waals surface area contributed by atoms with E-state index in [4.69, 9.17) is 15.3 Å². The van der Waals surface area contributed by atoms with Gasteiger partial charge < -0.3 is 9.47 Å². The van der Waals surface area contributed by atoms with Crippen molar-refractivity contribution < 1.29 is 14.3 Å². The lowest BCUT2D eigenvalue weighted by atomic mass is 10.2. The van der Waals surface area contributed by atoms with Gasteiger partial charge in [0, 0.05) is 20.4 Å². The number of aromatic nitrogens is 1. The molecule has 0 saturated carbocycles. The summed E-state index contributed by atoms with van der Waals surface area (Å²) in [6.07, 6.45) is 0.878. The maximum Gasteiger partial charge on any atom is 0.266 e. The van der Waals surface area contributed by atoms with Crippen molar-refractivity contribution in [2.24, 2.45) is 5.84 Å². The zero-order valence-electron chi connectivity index (χ0n) is 8.56. The van der Waals surface area contributed by atoms with Gasteiger partial charge in [0.05, 0.1) is 11.3 Å². The summed E-state index contributed by atoms with van der Waals surface area (Å²) >= 11 is 0. The van der Waals surface area contributed by atoms with E-state index in [0.29, 0.717) is 11.3 Å². The average Bonchev–Trinajstić information content (AvgIpc) is 2.30. The summed E-state index contributed by atoms with van der Waals surface area (Å²) in [5.41, 5.74) is 2.99. The van der Waals surface area contributed by atoms with Crippen LogP contribution in [-0.4, -0.2) is 25.1 Å². The molecule has 0 bridgehead atoms. The van der Waals surface area contributed by atoms with E-state index < -0.39 is 6.29 Å². The lowest BCUT2D eigenvalue weighted by molar-refractivity contribution is -0.108. The normalized spacial score (nSPS) is 10.4. The largest absolute Gasteiger partial charge is 0.350 e. The Morgan fingerprint density at radius 3 is 2.53 bits per heavy atom. The van der Waals surface area contributed by atoms with Gasteiger partial charge in [0.25, 0.3) is 5.91 Å². The molecular formula is C9H13N3O3. The number of hydrazine groups is 1. The molecule has 0 aromatic carbocycles. The molecule has 1 rings (SSSR count). The highest BCUT2D eigenvalue weighted by molar-refractivity contribution is 5.93. The van der Waals surface area contributed by atoms with Gasteiger partial charge in [0.15, 0.2) is 0 Å². The molecule has 0 fully saturated rings. The van der Waals surface area contributed by atoms with Crippen molar-refractivity contribution in [1.29, 1.82) is 0 Å². The Hall–Kier alpha value is -1.50. The van der Waals surface area contributed by atoms with E-state index in [1.165, 1.54) is 20.4 Å². The predicted octanol–water partition coefficient (Wildman–Crippen LogP) is -0.0235. The Balaban J connectivity index is 2.84. The van der Waals surface area contributed by atoms with Crippen molar-refractivity contribution in [3.8, 4) is 0 Å². The molecule has 0 atom stereocenters. The molecule has 3 N–H and O–H groups in total. The SMILES string of the molecule is COC(OC)c1ccc(C(=O)NN)cn1. The molecule has 1 aromatic heterocycles. The summed E-state index contributed by atoms with van der Waals surface area (Å²) in [5.74, 6) is 4.59. The molecule has 6 nitrogen and oxygen atoms in total. The molecule has 1 aromatic rings. The first kappa shape index (κ1) is 11.6. The molecule has 6 heteroatoms. The van der Waals surface area contributed by atoms with Gasteiger partial charge in [-0.25, -0.2) is 5.84 Å². The molecule has 0 aliphatic carbocycles. The molecule has 82 valence electrons. The quantitative estimate of drug-likeness (QED) is 0.316. The summed E-state index contributed by atoms with van der Waals surface area (Å²) < 4.78 is 10.0. The second-order valence-electron chi connectivity index (χ2n) is 2.75. The van der Waals surface area contributed by atoms with Gasteiger partial charge in [-0.05, 0) is 12.1 Å². The van der Waals surface area contributed by atoms with Crippen molar-refractivity contribution in [3.05, 3.63) is 29.6 Å². The summed E-state index contributed by atoms with van der Waals surface area (Å²) in [6.45, 7) is 0. The molecule has 0 radical (unpaired) electrons. The van der Waals surface area contributed by atoms with Gasteiger partial charge in [0.2, 0.25) is 6.29 Å². The summed E-state index contributed by atoms with van der Waals surface area (Å²) in [7, 11) is 3.02. The van der Waals surface area contributed by atoms with Gasteiger partial charge in [-0.1, -0.05) is 0 Å². The average molecular weight is 211 g/mol. The molecule has 1 amide bonds. The fourth-order valence-electron chi connectivity index (χ4n) is 1.10. The molecule has 0 unspecified atom stereocenters. The van der Waals surface area contributed by atoms with Crippen molar-refractivity contribution in [3.63, 3.8) is 0 Å². The van der Waals surface area contributed by atoms with Crippen LogP contribution in [0.15, 0.2) is 18.3 Å². The van der Waals surface area contributed by atoms with Gasteiger partial charge in [0.1, 0.15) is 0 Å². The molecule has 15 heavy (non-hydrogen) atoms. The summed E-state index contributed by atoms with van der Waals surface area (Å²) in [6, 6.07) is 3.23. The highest BCUT2D eigenvalue weighted by Gasteiger charge is 2.11. The maximum atomic E-state index is 11.1. The van der Waals surface area contributed by atoms with Gasteiger partial charge in [-0.3, -0.25) is 15.2 Å². The van der Waals surface area contributed by atoms with Crippen molar-refractivity contribution in [2.45, 2.75) is 6.29 Å². The molecule has 1 heterocycles. The van der Waals surface area contributed by atoms with Crippen molar-refractivity contribution in [1.82, 2.24) is 10.4 Å². The smallest absolute Gasteiger partial charge is 0.266 e. The number of hydrogen-bond acceptors (Lipinski definition) is 5. The monoisotopic (exact) mass is 211 g/mol. The standard InChI is InChI=1S/C9H13N3O3/c1-14-9(15-2)7-4-3-6(5-11-7)8(13)12-10/h3-5,9H,10H2,1-2H3,(H,12,13). The molecule has 0 aliphatic heterocycles. The van der Waals surface area contributed by atoms with Crippen LogP contribution in [0.25, 0.3) is 0 Å². The zero-order valence-corrected chi connectivity index (χ0v) is 8.56. The first-order valence-corrected chi connectivity index (χ1v) is 4.25. The van der Waals surface area contributed by atoms with E-state index in [1.54, 1.807) is 12.1 Å². The van der Waals surface area contributed by atoms with Crippen LogP contribution in [0.4, 0.5) is 0 Å². The number of carbonyl (C=O) groups excluding carboxylic acids is 1. The van der Waals surface area contributed by atoms with E-state index in [1.807, 2.05) is 5.43 Å². The Morgan fingerprint density at radius 1 is 1.47 bits per heavy atom. The predicted molar refractivity (Wildman–Crippen MR) is 52.6 cm³/mol. The molecule has 0 aliphatic rings. The number of pyridine rings is 1. The zero-order chi connectivity index (χ0) is 11.3. The summed E-state index contributed by atoms with van der Waals surface area (Å²) in [4.78, 5) is 15.1. The minimum atomic E-state index is -0.528. The van der Waals surface area contributed by atoms with Crippen LogP contribution < -0.4 is 11.3 Å². The number of hydrogen-bond donors (Lipinski definition) is 2. The van der Waals surface area contributed by atoms with Crippen LogP contribution >= 0.6 is 0 Å². The second kappa shape index (κ2) is 5.40. The van der Waals surface area contributed by atoms with Crippen LogP contribution in [0.2, 0.25) is 0 Å². The number of nitrogens with one attached hydrogen (secondary N) is 1. The minimum Gasteiger partial charge on any atom is -0.350 e. The fraction of sp³-hybridized carbons (Fsp3) is 0.333. The van der Waals surface area contributed by atoms with Crippen LogP contribution in [-0.2, 0) is 9.47 Å². The number of ether oxygens (including phenoxy) is 2. The topological polar surface area (TPSA) is 86.5 Å². The van der Waals surface area contributed by atoms with E-state index in [9.17, 15) is 4.79 Å². The number of nitrogens with two attached hydrogens (primary N) is 1. The van der Waals surface area contributed by atoms with E-state index >= 15 is 0 Å². The van der Waals surface area contributed by atoms with Gasteiger partial charge in [-0.15, -0.1) is 0 Å². The van der Waals surface area contributed by atoms with E-state index in [-0.39, 0.29) is 5.91 Å². The first-order valence-electron chi connectivity index (χ1n) is 4.25. The van der Waals surface area contributed by atoms with Crippen LogP contribution in [0.5, 0.6) is 0 Å². The van der Waals surface area contributed by atoms with E-state index in [2.05, 4.69) is 4.98 Å². The Bertz CT molecular complexity index is 322. The highest BCUT2D eigenvalue weighted by Crippen LogP contribution is 2.14. The third-order valence-electron chi connectivity index (χ3n) is 1.85. The Kier molecular flexibility index (Phi) is 4.17. The molecule has 0 spiro atoms. The Morgan fingerprint density at radius 2 is 2.13 bits per heavy atom. The lowest BCUT2D eigenvalue weighted by Gasteiger charge is -2.12. The van der Waals surface area contributed by atoms with Crippen LogP contribution in [0.1, 0.15) is 22.3 Å². The van der Waals surface area contributed by atoms with Crippen molar-refractivity contribution in [2.75, 3.05) is 14.2 Å². The molecular weight excluding hydrogens is 198 g/mol. The maximum absolute atomic E-state index is 11.1. The van der Waals surface area contributed by atoms with Crippen molar-refractivity contribution >= 4 is 5.91 Å². The lowest BCUT2D eigenvalue weighted by Crippen LogP contribution is -2.30. The Labute approximate surface area is 87.4 Å². The van der Waals surface area contributed by atoms with E-state index in [0.717, 1.165) is 0 Å².